The van der Waals surface area contributed by atoms with Crippen molar-refractivity contribution in [2.45, 2.75) is 13.8 Å². The van der Waals surface area contributed by atoms with Crippen LogP contribution in [0.4, 0.5) is 0 Å². The molecule has 1 aromatic carbocycles. The minimum absolute atomic E-state index is 0.816. The first-order chi connectivity index (χ1) is 6.68. The van der Waals surface area contributed by atoms with Gasteiger partial charge in [-0.3, -0.25) is 5.10 Å². The van der Waals surface area contributed by atoms with Crippen LogP contribution in [0, 0.1) is 18.5 Å². The van der Waals surface area contributed by atoms with E-state index in [2.05, 4.69) is 24.2 Å². The number of aromatic nitrogens is 2. The van der Waals surface area contributed by atoms with E-state index in [1.165, 1.54) is 5.56 Å². The average Bonchev–Trinajstić information content (AvgIpc) is 2.46. The van der Waals surface area contributed by atoms with E-state index in [4.69, 9.17) is 12.2 Å². The Bertz CT molecular complexity index is 508. The molecule has 2 nitrogen and oxygen atoms in total. The van der Waals surface area contributed by atoms with Gasteiger partial charge in [0.2, 0.25) is 0 Å². The predicted octanol–water partition coefficient (Wildman–Crippen LogP) is 3.15. The van der Waals surface area contributed by atoms with E-state index in [0.717, 1.165) is 16.0 Å². The van der Waals surface area contributed by atoms with Crippen LogP contribution in [0.1, 0.15) is 11.3 Å². The van der Waals surface area contributed by atoms with Gasteiger partial charge in [-0.2, -0.15) is 0 Å². The molecule has 0 bridgehead atoms. The van der Waals surface area contributed by atoms with Crippen LogP contribution < -0.4 is 0 Å². The van der Waals surface area contributed by atoms with E-state index < -0.39 is 0 Å². The lowest BCUT2D eigenvalue weighted by Crippen LogP contribution is -1.98. The van der Waals surface area contributed by atoms with Gasteiger partial charge in [0.1, 0.15) is 4.64 Å². The smallest absolute Gasteiger partial charge is 0.127 e. The summed E-state index contributed by atoms with van der Waals surface area (Å²) in [5.41, 5.74) is 3.41. The lowest BCUT2D eigenvalue weighted by molar-refractivity contribution is 0.846. The molecule has 2 aromatic rings. The first-order valence-electron chi connectivity index (χ1n) is 4.53. The fourth-order valence-electron chi connectivity index (χ4n) is 1.51. The number of aryl methyl sites for hydroxylation is 2. The van der Waals surface area contributed by atoms with Crippen LogP contribution in [0.15, 0.2) is 30.3 Å². The number of nitrogens with one attached hydrogen (secondary N) is 1. The highest BCUT2D eigenvalue weighted by molar-refractivity contribution is 7.71. The standard InChI is InChI=1S/C11H12N2S/c1-8-5-3-4-6-10(8)13-11(14)7-9(2)12-13/h3-7,12H,1-2H3. The average molecular weight is 204 g/mol. The van der Waals surface area contributed by atoms with Gasteiger partial charge in [-0.25, -0.2) is 4.68 Å². The van der Waals surface area contributed by atoms with Gasteiger partial charge in [0.25, 0.3) is 0 Å². The Hall–Kier alpha value is -1.35. The van der Waals surface area contributed by atoms with Gasteiger partial charge in [-0.15, -0.1) is 0 Å². The van der Waals surface area contributed by atoms with E-state index in [1.54, 1.807) is 0 Å². The Morgan fingerprint density at radius 2 is 1.93 bits per heavy atom. The van der Waals surface area contributed by atoms with Crippen molar-refractivity contribution in [2.75, 3.05) is 0 Å². The Morgan fingerprint density at radius 3 is 2.50 bits per heavy atom. The Labute approximate surface area is 88.2 Å². The van der Waals surface area contributed by atoms with Crippen LogP contribution in [0.2, 0.25) is 0 Å². The molecule has 3 heteroatoms. The summed E-state index contributed by atoms with van der Waals surface area (Å²) in [4.78, 5) is 0. The maximum atomic E-state index is 5.25. The van der Waals surface area contributed by atoms with Crippen LogP contribution >= 0.6 is 12.2 Å². The summed E-state index contributed by atoms with van der Waals surface area (Å²) in [6, 6.07) is 10.1. The second-order valence-corrected chi connectivity index (χ2v) is 3.82. The van der Waals surface area contributed by atoms with Gasteiger partial charge in [0.05, 0.1) is 5.69 Å². The highest BCUT2D eigenvalue weighted by Gasteiger charge is 2.01. The maximum absolute atomic E-state index is 5.25. The summed E-state index contributed by atoms with van der Waals surface area (Å²) >= 11 is 5.25. The van der Waals surface area contributed by atoms with Gasteiger partial charge in [0, 0.05) is 5.69 Å². The van der Waals surface area contributed by atoms with Crippen molar-refractivity contribution in [3.63, 3.8) is 0 Å². The summed E-state index contributed by atoms with van der Waals surface area (Å²) in [6.45, 7) is 4.08. The molecule has 72 valence electrons. The highest BCUT2D eigenvalue weighted by atomic mass is 32.1. The second-order valence-electron chi connectivity index (χ2n) is 3.40. The molecule has 14 heavy (non-hydrogen) atoms. The lowest BCUT2D eigenvalue weighted by Gasteiger charge is -2.05. The molecule has 1 N–H and O–H groups in total. The normalized spacial score (nSPS) is 10.4. The van der Waals surface area contributed by atoms with Crippen molar-refractivity contribution in [1.82, 2.24) is 9.78 Å². The summed E-state index contributed by atoms with van der Waals surface area (Å²) in [5.74, 6) is 0. The van der Waals surface area contributed by atoms with Crippen LogP contribution in [0.5, 0.6) is 0 Å². The molecule has 0 aliphatic rings. The molecule has 0 amide bonds. The Balaban J connectivity index is 2.66. The quantitative estimate of drug-likeness (QED) is 0.708. The first kappa shape index (κ1) is 9.21. The molecule has 0 aliphatic heterocycles. The minimum Gasteiger partial charge on any atom is -0.297 e. The van der Waals surface area contributed by atoms with Gasteiger partial charge in [-0.1, -0.05) is 30.4 Å². The van der Waals surface area contributed by atoms with Gasteiger partial charge >= 0.3 is 0 Å². The summed E-state index contributed by atoms with van der Waals surface area (Å²) in [6.07, 6.45) is 0. The number of hydrogen-bond donors (Lipinski definition) is 1. The molecular weight excluding hydrogens is 192 g/mol. The van der Waals surface area contributed by atoms with Crippen LogP contribution in [-0.2, 0) is 0 Å². The Morgan fingerprint density at radius 1 is 1.21 bits per heavy atom. The molecular formula is C11H12N2S. The van der Waals surface area contributed by atoms with Crippen molar-refractivity contribution >= 4 is 12.2 Å². The molecule has 0 radical (unpaired) electrons. The number of hydrogen-bond acceptors (Lipinski definition) is 1. The number of H-pyrrole nitrogens is 1. The zero-order chi connectivity index (χ0) is 10.1. The lowest BCUT2D eigenvalue weighted by atomic mass is 10.2. The SMILES string of the molecule is Cc1cc(=S)n(-c2ccccc2C)[nH]1. The number of rotatable bonds is 1. The van der Waals surface area contributed by atoms with E-state index in [-0.39, 0.29) is 0 Å². The predicted molar refractivity (Wildman–Crippen MR) is 60.4 cm³/mol. The van der Waals surface area contributed by atoms with Crippen LogP contribution in [0.25, 0.3) is 5.69 Å². The third-order valence-electron chi connectivity index (χ3n) is 2.20. The third-order valence-corrected chi connectivity index (χ3v) is 2.51. The molecule has 1 aromatic heterocycles. The highest BCUT2D eigenvalue weighted by Crippen LogP contribution is 2.13. The first-order valence-corrected chi connectivity index (χ1v) is 4.94. The topological polar surface area (TPSA) is 20.7 Å². The molecule has 0 unspecified atom stereocenters. The molecule has 1 heterocycles. The summed E-state index contributed by atoms with van der Waals surface area (Å²) in [5, 5.41) is 3.21. The fourth-order valence-corrected chi connectivity index (χ4v) is 1.83. The number of para-hydroxylation sites is 1. The van der Waals surface area contributed by atoms with E-state index in [0.29, 0.717) is 0 Å². The third kappa shape index (κ3) is 1.51. The van der Waals surface area contributed by atoms with Crippen molar-refractivity contribution in [1.29, 1.82) is 0 Å². The number of aromatic amines is 1. The van der Waals surface area contributed by atoms with Gasteiger partial charge in [-0.05, 0) is 31.5 Å². The Kier molecular flexibility index (Phi) is 2.25. The zero-order valence-electron chi connectivity index (χ0n) is 8.24. The maximum Gasteiger partial charge on any atom is 0.127 e. The number of nitrogens with zero attached hydrogens (tertiary/aromatic N) is 1. The second kappa shape index (κ2) is 3.42. The van der Waals surface area contributed by atoms with E-state index in [9.17, 15) is 0 Å². The van der Waals surface area contributed by atoms with E-state index >= 15 is 0 Å². The minimum atomic E-state index is 0.816. The monoisotopic (exact) mass is 204 g/mol. The van der Waals surface area contributed by atoms with Crippen molar-refractivity contribution in [3.8, 4) is 5.69 Å². The molecule has 0 spiro atoms. The number of benzene rings is 1. The van der Waals surface area contributed by atoms with Crippen LogP contribution in [-0.4, -0.2) is 9.78 Å². The molecule has 2 rings (SSSR count). The molecule has 0 saturated carbocycles. The molecule has 0 atom stereocenters. The van der Waals surface area contributed by atoms with Gasteiger partial charge in [0.15, 0.2) is 0 Å². The summed E-state index contributed by atoms with van der Waals surface area (Å²) < 4.78 is 2.75. The van der Waals surface area contributed by atoms with Crippen molar-refractivity contribution in [3.05, 3.63) is 46.2 Å². The molecule has 0 fully saturated rings. The van der Waals surface area contributed by atoms with Crippen molar-refractivity contribution < 1.29 is 0 Å². The summed E-state index contributed by atoms with van der Waals surface area (Å²) in [7, 11) is 0. The van der Waals surface area contributed by atoms with Crippen molar-refractivity contribution in [2.24, 2.45) is 0 Å². The largest absolute Gasteiger partial charge is 0.297 e. The molecule has 0 saturated heterocycles. The zero-order valence-corrected chi connectivity index (χ0v) is 9.06. The fraction of sp³-hybridized carbons (Fsp3) is 0.182. The van der Waals surface area contributed by atoms with E-state index in [1.807, 2.05) is 29.8 Å². The van der Waals surface area contributed by atoms with Gasteiger partial charge < -0.3 is 0 Å². The van der Waals surface area contributed by atoms with Crippen LogP contribution in [0.3, 0.4) is 0 Å². The molecule has 0 aliphatic carbocycles.